The minimum atomic E-state index is -0.858. The molecular weight excluding hydrogens is 322 g/mol. The molecule has 2 aromatic rings. The molecule has 2 N–H and O–H groups in total. The first-order valence-electron chi connectivity index (χ1n) is 7.67. The zero-order chi connectivity index (χ0) is 17.6. The molecule has 3 rings (SSSR count). The van der Waals surface area contributed by atoms with Gasteiger partial charge < -0.3 is 20.1 Å². The number of hydrogen-bond donors (Lipinski definition) is 2. The molecule has 0 radical (unpaired) electrons. The van der Waals surface area contributed by atoms with Gasteiger partial charge in [0.25, 0.3) is 5.91 Å². The Kier molecular flexibility index (Phi) is 4.94. The van der Waals surface area contributed by atoms with Crippen molar-refractivity contribution in [3.63, 3.8) is 0 Å². The number of fused-ring (bicyclic) bond motifs is 1. The normalized spacial score (nSPS) is 15.6. The van der Waals surface area contributed by atoms with Gasteiger partial charge in [0.1, 0.15) is 18.5 Å². The fraction of sp³-hybridized carbons (Fsp3) is 0.167. The maximum absolute atomic E-state index is 12.3. The number of nitrogens with one attached hydrogen (secondary N) is 2. The van der Waals surface area contributed by atoms with Crippen molar-refractivity contribution in [3.05, 3.63) is 59.7 Å². The van der Waals surface area contributed by atoms with Crippen LogP contribution in [0, 0.1) is 0 Å². The number of anilines is 1. The highest BCUT2D eigenvalue weighted by Crippen LogP contribution is 2.21. The van der Waals surface area contributed by atoms with Gasteiger partial charge in [0.05, 0.1) is 7.11 Å². The number of carbonyl (C=O) groups is 2. The summed E-state index contributed by atoms with van der Waals surface area (Å²) >= 11 is 0. The van der Waals surface area contributed by atoms with Gasteiger partial charge in [-0.1, -0.05) is 42.5 Å². The van der Waals surface area contributed by atoms with Crippen molar-refractivity contribution in [2.24, 2.45) is 0 Å². The van der Waals surface area contributed by atoms with Crippen LogP contribution in [0.3, 0.4) is 0 Å². The van der Waals surface area contributed by atoms with Crippen LogP contribution in [-0.4, -0.2) is 30.1 Å². The second-order valence-electron chi connectivity index (χ2n) is 5.32. The van der Waals surface area contributed by atoms with Crippen LogP contribution in [0.1, 0.15) is 11.1 Å². The van der Waals surface area contributed by atoms with E-state index in [4.69, 9.17) is 9.47 Å². The summed E-state index contributed by atoms with van der Waals surface area (Å²) in [6.45, 7) is 0.129. The fourth-order valence-corrected chi connectivity index (χ4v) is 2.29. The van der Waals surface area contributed by atoms with E-state index in [1.807, 2.05) is 30.3 Å². The summed E-state index contributed by atoms with van der Waals surface area (Å²) in [4.78, 5) is 28.4. The number of rotatable bonds is 4. The van der Waals surface area contributed by atoms with E-state index in [2.05, 4.69) is 15.6 Å². The van der Waals surface area contributed by atoms with Gasteiger partial charge in [0.2, 0.25) is 5.88 Å². The molecule has 0 fully saturated rings. The van der Waals surface area contributed by atoms with Gasteiger partial charge in [-0.3, -0.25) is 4.79 Å². The van der Waals surface area contributed by atoms with E-state index < -0.39 is 18.0 Å². The molecule has 1 aromatic heterocycles. The molecule has 2 amide bonds. The molecule has 1 unspecified atom stereocenters. The number of nitrogens with zero attached hydrogens (tertiary/aromatic N) is 1. The van der Waals surface area contributed by atoms with Gasteiger partial charge in [0, 0.05) is 11.6 Å². The molecule has 7 nitrogen and oxygen atoms in total. The second kappa shape index (κ2) is 7.48. The van der Waals surface area contributed by atoms with Crippen LogP contribution in [-0.2, 0) is 16.1 Å². The Hall–Kier alpha value is -3.35. The fourth-order valence-electron chi connectivity index (χ4n) is 2.29. The lowest BCUT2D eigenvalue weighted by Gasteiger charge is -2.13. The quantitative estimate of drug-likeness (QED) is 0.892. The summed E-state index contributed by atoms with van der Waals surface area (Å²) < 4.78 is 10.2. The molecule has 128 valence electrons. The predicted octanol–water partition coefficient (Wildman–Crippen LogP) is 2.35. The number of ether oxygens (including phenoxy) is 2. The number of pyridine rings is 1. The standard InChI is InChI=1S/C18H17N3O4/c1-24-15-10-8-13-7-9-14(17(22)21-16(13)20-15)19-18(23)25-11-12-5-3-2-4-6-12/h2-10,14H,11H2,1H3,(H,19,23)(H,20,21,22). The number of aromatic nitrogens is 1. The molecule has 0 saturated carbocycles. The first-order valence-corrected chi connectivity index (χ1v) is 7.67. The molecule has 7 heteroatoms. The lowest BCUT2D eigenvalue weighted by Crippen LogP contribution is -2.42. The molecule has 1 aromatic carbocycles. The highest BCUT2D eigenvalue weighted by atomic mass is 16.5. The van der Waals surface area contributed by atoms with E-state index in [-0.39, 0.29) is 6.61 Å². The molecule has 1 aliphatic rings. The Bertz CT molecular complexity index is 805. The maximum atomic E-state index is 12.3. The molecular formula is C18H17N3O4. The topological polar surface area (TPSA) is 89.5 Å². The minimum absolute atomic E-state index is 0.129. The number of hydrogen-bond acceptors (Lipinski definition) is 5. The van der Waals surface area contributed by atoms with E-state index in [9.17, 15) is 9.59 Å². The number of benzene rings is 1. The Labute approximate surface area is 144 Å². The first kappa shape index (κ1) is 16.5. The van der Waals surface area contributed by atoms with Crippen molar-refractivity contribution < 1.29 is 19.1 Å². The average molecular weight is 339 g/mol. The van der Waals surface area contributed by atoms with E-state index in [1.165, 1.54) is 7.11 Å². The summed E-state index contributed by atoms with van der Waals surface area (Å²) in [6.07, 6.45) is 2.62. The van der Waals surface area contributed by atoms with Crippen LogP contribution < -0.4 is 15.4 Å². The molecule has 1 aliphatic heterocycles. The zero-order valence-corrected chi connectivity index (χ0v) is 13.6. The van der Waals surface area contributed by atoms with E-state index in [1.54, 1.807) is 24.3 Å². The summed E-state index contributed by atoms with van der Waals surface area (Å²) in [6, 6.07) is 11.9. The first-order chi connectivity index (χ1) is 12.2. The smallest absolute Gasteiger partial charge is 0.408 e. The minimum Gasteiger partial charge on any atom is -0.481 e. The summed E-state index contributed by atoms with van der Waals surface area (Å²) in [5.74, 6) is 0.357. The Morgan fingerprint density at radius 2 is 2.04 bits per heavy atom. The summed E-state index contributed by atoms with van der Waals surface area (Å²) in [5.41, 5.74) is 1.58. The second-order valence-corrected chi connectivity index (χ2v) is 5.32. The number of methoxy groups -OCH3 is 1. The molecule has 0 spiro atoms. The van der Waals surface area contributed by atoms with Crippen LogP contribution >= 0.6 is 0 Å². The maximum Gasteiger partial charge on any atom is 0.408 e. The summed E-state index contributed by atoms with van der Waals surface area (Å²) in [7, 11) is 1.50. The highest BCUT2D eigenvalue weighted by molar-refractivity contribution is 6.00. The van der Waals surface area contributed by atoms with E-state index in [0.29, 0.717) is 11.7 Å². The lowest BCUT2D eigenvalue weighted by molar-refractivity contribution is -0.117. The van der Waals surface area contributed by atoms with Crippen molar-refractivity contribution in [2.45, 2.75) is 12.6 Å². The SMILES string of the molecule is COc1ccc2c(n1)NC(=O)C(NC(=O)OCc1ccccc1)C=C2. The largest absolute Gasteiger partial charge is 0.481 e. The summed E-state index contributed by atoms with van der Waals surface area (Å²) in [5, 5.41) is 5.19. The average Bonchev–Trinajstić information content (AvgIpc) is 2.79. The Morgan fingerprint density at radius 1 is 1.24 bits per heavy atom. The highest BCUT2D eigenvalue weighted by Gasteiger charge is 2.23. The number of carbonyl (C=O) groups excluding carboxylic acids is 2. The van der Waals surface area contributed by atoms with Crippen LogP contribution in [0.25, 0.3) is 6.08 Å². The predicted molar refractivity (Wildman–Crippen MR) is 92.0 cm³/mol. The Morgan fingerprint density at radius 3 is 2.80 bits per heavy atom. The van der Waals surface area contributed by atoms with Gasteiger partial charge in [0.15, 0.2) is 0 Å². The third-order valence-electron chi connectivity index (χ3n) is 3.59. The van der Waals surface area contributed by atoms with Crippen molar-refractivity contribution in [2.75, 3.05) is 12.4 Å². The third-order valence-corrected chi connectivity index (χ3v) is 3.59. The Balaban J connectivity index is 1.62. The van der Waals surface area contributed by atoms with Crippen molar-refractivity contribution in [1.82, 2.24) is 10.3 Å². The molecule has 0 aliphatic carbocycles. The van der Waals surface area contributed by atoms with Gasteiger partial charge in [-0.2, -0.15) is 4.98 Å². The van der Waals surface area contributed by atoms with Crippen molar-refractivity contribution in [1.29, 1.82) is 0 Å². The van der Waals surface area contributed by atoms with Gasteiger partial charge in [-0.05, 0) is 11.6 Å². The van der Waals surface area contributed by atoms with Crippen molar-refractivity contribution in [3.8, 4) is 5.88 Å². The van der Waals surface area contributed by atoms with Crippen LogP contribution in [0.15, 0.2) is 48.5 Å². The number of alkyl carbamates (subject to hydrolysis) is 1. The third kappa shape index (κ3) is 4.14. The van der Waals surface area contributed by atoms with Crippen LogP contribution in [0.5, 0.6) is 5.88 Å². The number of amides is 2. The van der Waals surface area contributed by atoms with E-state index >= 15 is 0 Å². The van der Waals surface area contributed by atoms with Gasteiger partial charge in [-0.15, -0.1) is 0 Å². The molecule has 0 saturated heterocycles. The van der Waals surface area contributed by atoms with Crippen LogP contribution in [0.2, 0.25) is 0 Å². The van der Waals surface area contributed by atoms with E-state index in [0.717, 1.165) is 11.1 Å². The molecule has 2 heterocycles. The monoisotopic (exact) mass is 339 g/mol. The molecule has 25 heavy (non-hydrogen) atoms. The van der Waals surface area contributed by atoms with Gasteiger partial charge >= 0.3 is 6.09 Å². The zero-order valence-electron chi connectivity index (χ0n) is 13.6. The van der Waals surface area contributed by atoms with Crippen LogP contribution in [0.4, 0.5) is 10.6 Å². The molecule has 1 atom stereocenters. The van der Waals surface area contributed by atoms with Crippen molar-refractivity contribution >= 4 is 23.9 Å². The molecule has 0 bridgehead atoms. The van der Waals surface area contributed by atoms with Gasteiger partial charge in [-0.25, -0.2) is 4.79 Å². The lowest BCUT2D eigenvalue weighted by atomic mass is 10.2.